The number of aromatic nitrogens is 4. The van der Waals surface area contributed by atoms with E-state index in [0.29, 0.717) is 29.1 Å². The molecule has 3 aromatic heterocycles. The summed E-state index contributed by atoms with van der Waals surface area (Å²) in [6, 6.07) is 8.15. The Balaban J connectivity index is 1.27. The Bertz CT molecular complexity index is 1600. The number of halogens is 3. The maximum atomic E-state index is 13.0. The van der Waals surface area contributed by atoms with Crippen LogP contribution in [0.2, 0.25) is 0 Å². The summed E-state index contributed by atoms with van der Waals surface area (Å²) in [5.74, 6) is 0.712. The Morgan fingerprint density at radius 3 is 2.52 bits per heavy atom. The van der Waals surface area contributed by atoms with Crippen molar-refractivity contribution in [2.24, 2.45) is 5.92 Å². The van der Waals surface area contributed by atoms with Crippen LogP contribution in [0.25, 0.3) is 16.8 Å². The molecule has 12 heteroatoms. The number of hydrogen-bond donors (Lipinski definition) is 2. The molecule has 0 unspecified atom stereocenters. The van der Waals surface area contributed by atoms with E-state index in [0.717, 1.165) is 56.4 Å². The zero-order valence-corrected chi connectivity index (χ0v) is 21.4. The molecule has 1 saturated carbocycles. The molecule has 2 fully saturated rings. The zero-order valence-electron chi connectivity index (χ0n) is 21.4. The van der Waals surface area contributed by atoms with Gasteiger partial charge in [-0.25, -0.2) is 15.0 Å². The number of nitrogen functional groups attached to an aromatic ring is 1. The summed E-state index contributed by atoms with van der Waals surface area (Å²) in [7, 11) is 0. The number of nitrogens with zero attached hydrogens (tertiary/aromatic N) is 5. The number of piperidine rings is 1. The molecule has 2 aliphatic rings. The van der Waals surface area contributed by atoms with Gasteiger partial charge in [0.2, 0.25) is 5.91 Å². The molecule has 1 atom stereocenters. The average Bonchev–Trinajstić information content (AvgIpc) is 3.72. The van der Waals surface area contributed by atoms with Gasteiger partial charge >= 0.3 is 6.18 Å². The summed E-state index contributed by atoms with van der Waals surface area (Å²) < 4.78 is 40.9. The molecule has 206 valence electrons. The van der Waals surface area contributed by atoms with Gasteiger partial charge in [0.25, 0.3) is 5.91 Å². The van der Waals surface area contributed by atoms with Crippen LogP contribution in [-0.4, -0.2) is 49.2 Å². The summed E-state index contributed by atoms with van der Waals surface area (Å²) in [5, 5.41) is 2.41. The Hall–Kier alpha value is -4.48. The predicted octanol–water partition coefficient (Wildman–Crippen LogP) is 4.76. The molecule has 1 aromatic carbocycles. The van der Waals surface area contributed by atoms with Crippen LogP contribution in [0.1, 0.15) is 53.3 Å². The first-order valence-corrected chi connectivity index (χ1v) is 13.1. The first-order valence-electron chi connectivity index (χ1n) is 13.1. The number of carbonyl (C=O) groups excluding carboxylic acids is 2. The molecule has 2 amide bonds. The summed E-state index contributed by atoms with van der Waals surface area (Å²) in [4.78, 5) is 40.4. The topological polar surface area (TPSA) is 119 Å². The monoisotopic (exact) mass is 549 g/mol. The number of benzene rings is 1. The van der Waals surface area contributed by atoms with E-state index in [2.05, 4.69) is 15.3 Å². The first-order chi connectivity index (χ1) is 19.2. The highest BCUT2D eigenvalue weighted by molar-refractivity contribution is 6.04. The highest BCUT2D eigenvalue weighted by Crippen LogP contribution is 2.37. The third-order valence-corrected chi connectivity index (χ3v) is 7.38. The minimum atomic E-state index is -4.55. The van der Waals surface area contributed by atoms with Gasteiger partial charge < -0.3 is 16.0 Å². The molecule has 0 radical (unpaired) electrons. The van der Waals surface area contributed by atoms with Crippen molar-refractivity contribution in [3.05, 3.63) is 71.9 Å². The van der Waals surface area contributed by atoms with Crippen molar-refractivity contribution in [1.82, 2.24) is 24.3 Å². The lowest BCUT2D eigenvalue weighted by atomic mass is 9.97. The number of fused-ring (bicyclic) bond motifs is 1. The number of amides is 2. The minimum Gasteiger partial charge on any atom is -0.382 e. The van der Waals surface area contributed by atoms with Crippen LogP contribution in [0.15, 0.2) is 55.0 Å². The molecule has 3 N–H and O–H groups in total. The van der Waals surface area contributed by atoms with Gasteiger partial charge in [-0.05, 0) is 49.9 Å². The van der Waals surface area contributed by atoms with Crippen molar-refractivity contribution in [2.75, 3.05) is 24.1 Å². The lowest BCUT2D eigenvalue weighted by Crippen LogP contribution is -2.40. The van der Waals surface area contributed by atoms with Crippen molar-refractivity contribution < 1.29 is 22.8 Å². The molecule has 4 aromatic rings. The fourth-order valence-corrected chi connectivity index (χ4v) is 5.20. The second-order valence-corrected chi connectivity index (χ2v) is 10.2. The lowest BCUT2D eigenvalue weighted by Gasteiger charge is -2.32. The Morgan fingerprint density at radius 2 is 1.80 bits per heavy atom. The number of carbonyl (C=O) groups is 2. The molecule has 40 heavy (non-hydrogen) atoms. The number of anilines is 2. The fourth-order valence-electron chi connectivity index (χ4n) is 5.20. The average molecular weight is 550 g/mol. The zero-order chi connectivity index (χ0) is 28.0. The summed E-state index contributed by atoms with van der Waals surface area (Å²) >= 11 is 0. The van der Waals surface area contributed by atoms with Gasteiger partial charge in [-0.3, -0.25) is 14.0 Å². The van der Waals surface area contributed by atoms with Crippen molar-refractivity contribution in [2.45, 2.75) is 37.8 Å². The SMILES string of the molecule is Nc1nccn2c([C@@H]3CCCN(C(=O)C4CC4)C3)nc(-c3ccc(C(=O)Nc4cc(C(F)(F)F)ccn4)cc3)c12. The number of alkyl halides is 3. The number of rotatable bonds is 5. The highest BCUT2D eigenvalue weighted by Gasteiger charge is 2.37. The van der Waals surface area contributed by atoms with Gasteiger partial charge in [0, 0.05) is 54.6 Å². The van der Waals surface area contributed by atoms with E-state index in [1.807, 2.05) is 15.5 Å². The summed E-state index contributed by atoms with van der Waals surface area (Å²) in [5.41, 5.74) is 7.53. The van der Waals surface area contributed by atoms with Crippen LogP contribution >= 0.6 is 0 Å². The number of nitrogens with one attached hydrogen (secondary N) is 1. The van der Waals surface area contributed by atoms with Crippen LogP contribution in [0.5, 0.6) is 0 Å². The van der Waals surface area contributed by atoms with Crippen molar-refractivity contribution in [1.29, 1.82) is 0 Å². The molecular weight excluding hydrogens is 523 g/mol. The highest BCUT2D eigenvalue weighted by atomic mass is 19.4. The Kier molecular flexibility index (Phi) is 6.40. The van der Waals surface area contributed by atoms with Crippen molar-refractivity contribution in [3.8, 4) is 11.3 Å². The maximum Gasteiger partial charge on any atom is 0.416 e. The molecule has 4 heterocycles. The smallest absolute Gasteiger partial charge is 0.382 e. The van der Waals surface area contributed by atoms with E-state index >= 15 is 0 Å². The lowest BCUT2D eigenvalue weighted by molar-refractivity contribution is -0.137. The number of pyridine rings is 1. The Labute approximate surface area is 227 Å². The molecule has 1 aliphatic heterocycles. The second kappa shape index (κ2) is 9.92. The number of likely N-dealkylation sites (tertiary alicyclic amines) is 1. The maximum absolute atomic E-state index is 13.0. The van der Waals surface area contributed by atoms with E-state index in [4.69, 9.17) is 10.7 Å². The normalized spacial score (nSPS) is 17.7. The van der Waals surface area contributed by atoms with E-state index in [9.17, 15) is 22.8 Å². The predicted molar refractivity (Wildman–Crippen MR) is 141 cm³/mol. The number of nitrogens with two attached hydrogens (primary N) is 1. The van der Waals surface area contributed by atoms with Crippen LogP contribution < -0.4 is 11.1 Å². The van der Waals surface area contributed by atoms with E-state index in [1.54, 1.807) is 30.5 Å². The van der Waals surface area contributed by atoms with E-state index < -0.39 is 17.6 Å². The van der Waals surface area contributed by atoms with Crippen LogP contribution in [0.4, 0.5) is 24.8 Å². The van der Waals surface area contributed by atoms with Gasteiger partial charge in [-0.2, -0.15) is 13.2 Å². The van der Waals surface area contributed by atoms with E-state index in [-0.39, 0.29) is 29.1 Å². The van der Waals surface area contributed by atoms with Crippen LogP contribution in [0, 0.1) is 5.92 Å². The first kappa shape index (κ1) is 25.8. The molecule has 6 rings (SSSR count). The third-order valence-electron chi connectivity index (χ3n) is 7.38. The Morgan fingerprint density at radius 1 is 1.02 bits per heavy atom. The van der Waals surface area contributed by atoms with Gasteiger partial charge in [-0.1, -0.05) is 12.1 Å². The molecule has 1 saturated heterocycles. The number of imidazole rings is 1. The second-order valence-electron chi connectivity index (χ2n) is 10.2. The minimum absolute atomic E-state index is 0.0320. The molecular formula is C28H26F3N7O2. The summed E-state index contributed by atoms with van der Waals surface area (Å²) in [6.45, 7) is 1.35. The quantitative estimate of drug-likeness (QED) is 0.371. The fraction of sp³-hybridized carbons (Fsp3) is 0.321. The number of hydrogen-bond acceptors (Lipinski definition) is 6. The summed E-state index contributed by atoms with van der Waals surface area (Å²) in [6.07, 6.45) is 3.57. The molecule has 0 spiro atoms. The van der Waals surface area contributed by atoms with Gasteiger partial charge in [0.05, 0.1) is 5.56 Å². The van der Waals surface area contributed by atoms with E-state index in [1.165, 1.54) is 0 Å². The van der Waals surface area contributed by atoms with Gasteiger partial charge in [-0.15, -0.1) is 0 Å². The molecule has 1 aliphatic carbocycles. The molecule has 0 bridgehead atoms. The van der Waals surface area contributed by atoms with Crippen molar-refractivity contribution in [3.63, 3.8) is 0 Å². The van der Waals surface area contributed by atoms with Crippen LogP contribution in [-0.2, 0) is 11.0 Å². The molecule has 9 nitrogen and oxygen atoms in total. The van der Waals surface area contributed by atoms with Crippen molar-refractivity contribution >= 4 is 29.0 Å². The van der Waals surface area contributed by atoms with Gasteiger partial charge in [0.15, 0.2) is 0 Å². The van der Waals surface area contributed by atoms with Gasteiger partial charge in [0.1, 0.15) is 28.7 Å². The standard InChI is InChI=1S/C28H26F3N7O2/c29-28(30,31)20-9-10-33-21(14-20)35-26(39)17-5-3-16(4-6-17)22-23-24(32)34-11-13-38(23)25(36-22)19-2-1-12-37(15-19)27(40)18-7-8-18/h3-6,9-11,13-14,18-19H,1-2,7-8,12,15H2,(H2,32,34)(H,33,35,39)/t19-/m1/s1. The third kappa shape index (κ3) is 4.96. The largest absolute Gasteiger partial charge is 0.416 e. The van der Waals surface area contributed by atoms with Crippen LogP contribution in [0.3, 0.4) is 0 Å².